The molecule has 5 nitrogen and oxygen atoms in total. The minimum Gasteiger partial charge on any atom is -0.344 e. The average molecular weight is 393 g/mol. The van der Waals surface area contributed by atoms with E-state index in [4.69, 9.17) is 5.73 Å². The lowest BCUT2D eigenvalue weighted by atomic mass is 9.86. The molecule has 27 heavy (non-hydrogen) atoms. The van der Waals surface area contributed by atoms with Crippen LogP contribution in [0.25, 0.3) is 11.3 Å². The monoisotopic (exact) mass is 392 g/mol. The molecule has 0 aliphatic rings. The van der Waals surface area contributed by atoms with Crippen LogP contribution in [-0.4, -0.2) is 40.6 Å². The maximum Gasteiger partial charge on any atom is 0.239 e. The average Bonchev–Trinajstić information content (AvgIpc) is 3.09. The third kappa shape index (κ3) is 7.00. The number of carbonyl (C=O) groups is 1. The van der Waals surface area contributed by atoms with E-state index in [1.54, 1.807) is 4.90 Å². The van der Waals surface area contributed by atoms with E-state index < -0.39 is 6.04 Å². The minimum atomic E-state index is -0.450. The van der Waals surface area contributed by atoms with Crippen molar-refractivity contribution in [3.05, 3.63) is 42.1 Å². The van der Waals surface area contributed by atoms with Gasteiger partial charge in [0, 0.05) is 24.8 Å². The number of unbranched alkanes of at least 4 members (excludes halogenated alkanes) is 2. The van der Waals surface area contributed by atoms with Crippen LogP contribution in [0.15, 0.2) is 36.4 Å². The zero-order valence-corrected chi connectivity index (χ0v) is 17.7. The predicted molar refractivity (Wildman–Crippen MR) is 114 cm³/mol. The van der Waals surface area contributed by atoms with Crippen LogP contribution in [0.3, 0.4) is 0 Å². The van der Waals surface area contributed by atoms with Gasteiger partial charge in [0.1, 0.15) is 0 Å². The van der Waals surface area contributed by atoms with Crippen molar-refractivity contribution in [1.29, 1.82) is 0 Å². The third-order valence-electron chi connectivity index (χ3n) is 4.72. The van der Waals surface area contributed by atoms with Gasteiger partial charge in [-0.3, -0.25) is 9.89 Å². The SMILES string of the molecule is CN(CCCCCc1cc(-c2ccccc2)n[nH]1)C(=O)[C@@H](N)C(C)(C)C.Cl. The van der Waals surface area contributed by atoms with Gasteiger partial charge in [-0.15, -0.1) is 12.4 Å². The Morgan fingerprint density at radius 1 is 1.19 bits per heavy atom. The van der Waals surface area contributed by atoms with Crippen molar-refractivity contribution in [3.8, 4) is 11.3 Å². The second-order valence-electron chi connectivity index (χ2n) is 8.06. The molecule has 1 aromatic carbocycles. The number of aromatic nitrogens is 2. The fourth-order valence-electron chi connectivity index (χ4n) is 2.81. The predicted octanol–water partition coefficient (Wildman–Crippen LogP) is 4.04. The molecule has 0 saturated carbocycles. The van der Waals surface area contributed by atoms with Crippen molar-refractivity contribution in [3.63, 3.8) is 0 Å². The molecular weight excluding hydrogens is 360 g/mol. The van der Waals surface area contributed by atoms with E-state index in [9.17, 15) is 4.79 Å². The van der Waals surface area contributed by atoms with E-state index in [0.29, 0.717) is 0 Å². The molecule has 1 heterocycles. The number of amides is 1. The first-order valence-electron chi connectivity index (χ1n) is 9.39. The third-order valence-corrected chi connectivity index (χ3v) is 4.72. The number of nitrogens with one attached hydrogen (secondary N) is 1. The molecular formula is C21H33ClN4O. The van der Waals surface area contributed by atoms with E-state index >= 15 is 0 Å². The first kappa shape index (κ1) is 23.2. The number of aryl methyl sites for hydroxylation is 1. The van der Waals surface area contributed by atoms with E-state index in [1.807, 2.05) is 46.0 Å². The van der Waals surface area contributed by atoms with Crippen LogP contribution in [-0.2, 0) is 11.2 Å². The summed E-state index contributed by atoms with van der Waals surface area (Å²) in [5.41, 5.74) is 9.12. The zero-order chi connectivity index (χ0) is 19.2. The number of likely N-dealkylation sites (N-methyl/N-ethyl adjacent to an activating group) is 1. The normalized spacial score (nSPS) is 12.3. The maximum absolute atomic E-state index is 12.3. The van der Waals surface area contributed by atoms with Crippen molar-refractivity contribution in [2.24, 2.45) is 11.1 Å². The Morgan fingerprint density at radius 2 is 1.85 bits per heavy atom. The van der Waals surface area contributed by atoms with Crippen molar-refractivity contribution < 1.29 is 4.79 Å². The Kier molecular flexibility index (Phi) is 9.00. The number of nitrogens with two attached hydrogens (primary N) is 1. The summed E-state index contributed by atoms with van der Waals surface area (Å²) in [5.74, 6) is 0.0265. The van der Waals surface area contributed by atoms with Crippen LogP contribution in [0.1, 0.15) is 45.7 Å². The van der Waals surface area contributed by atoms with Gasteiger partial charge in [0.15, 0.2) is 0 Å². The highest BCUT2D eigenvalue weighted by molar-refractivity contribution is 5.85. The van der Waals surface area contributed by atoms with E-state index in [1.165, 1.54) is 0 Å². The van der Waals surface area contributed by atoms with Gasteiger partial charge in [0.25, 0.3) is 0 Å². The van der Waals surface area contributed by atoms with Gasteiger partial charge >= 0.3 is 0 Å². The molecule has 0 radical (unpaired) electrons. The van der Waals surface area contributed by atoms with Crippen LogP contribution >= 0.6 is 12.4 Å². The zero-order valence-electron chi connectivity index (χ0n) is 16.9. The highest BCUT2D eigenvalue weighted by Crippen LogP contribution is 2.19. The fraction of sp³-hybridized carbons (Fsp3) is 0.524. The second kappa shape index (κ2) is 10.5. The molecule has 0 unspecified atom stereocenters. The number of hydrogen-bond acceptors (Lipinski definition) is 3. The van der Waals surface area contributed by atoms with Gasteiger partial charge in [0.2, 0.25) is 5.91 Å². The molecule has 0 aliphatic heterocycles. The smallest absolute Gasteiger partial charge is 0.239 e. The molecule has 2 rings (SSSR count). The molecule has 1 amide bonds. The lowest BCUT2D eigenvalue weighted by Crippen LogP contribution is -2.49. The molecule has 0 aliphatic carbocycles. The number of H-pyrrole nitrogens is 1. The number of carbonyl (C=O) groups excluding carboxylic acids is 1. The molecule has 1 aromatic heterocycles. The Bertz CT molecular complexity index is 694. The van der Waals surface area contributed by atoms with Gasteiger partial charge in [0.05, 0.1) is 11.7 Å². The number of benzene rings is 1. The first-order chi connectivity index (χ1) is 12.3. The van der Waals surface area contributed by atoms with E-state index in [0.717, 1.165) is 49.2 Å². The molecule has 2 aromatic rings. The summed E-state index contributed by atoms with van der Waals surface area (Å²) in [6.07, 6.45) is 4.10. The molecule has 150 valence electrons. The van der Waals surface area contributed by atoms with E-state index in [2.05, 4.69) is 28.4 Å². The topological polar surface area (TPSA) is 75.0 Å². The van der Waals surface area contributed by atoms with Gasteiger partial charge in [-0.1, -0.05) is 57.5 Å². The molecule has 6 heteroatoms. The number of halogens is 1. The fourth-order valence-corrected chi connectivity index (χ4v) is 2.81. The summed E-state index contributed by atoms with van der Waals surface area (Å²) < 4.78 is 0. The molecule has 0 fully saturated rings. The molecule has 0 spiro atoms. The van der Waals surface area contributed by atoms with Crippen molar-refractivity contribution in [2.75, 3.05) is 13.6 Å². The highest BCUT2D eigenvalue weighted by Gasteiger charge is 2.29. The molecule has 3 N–H and O–H groups in total. The Morgan fingerprint density at radius 3 is 2.48 bits per heavy atom. The summed E-state index contributed by atoms with van der Waals surface area (Å²) in [5, 5.41) is 7.51. The van der Waals surface area contributed by atoms with Crippen molar-refractivity contribution in [2.45, 2.75) is 52.5 Å². The Labute approximate surface area is 169 Å². The number of nitrogens with zero attached hydrogens (tertiary/aromatic N) is 2. The number of hydrogen-bond donors (Lipinski definition) is 2. The summed E-state index contributed by atoms with van der Waals surface area (Å²) in [6.45, 7) is 6.74. The minimum absolute atomic E-state index is 0. The standard InChI is InChI=1S/C21H32N4O.ClH/c1-21(2,3)19(22)20(26)25(4)14-10-6-9-13-17-15-18(24-23-17)16-11-7-5-8-12-16;/h5,7-8,11-12,15,19H,6,9-10,13-14,22H2,1-4H3,(H,23,24);1H/t19-;/m1./s1. The quantitative estimate of drug-likeness (QED) is 0.665. The van der Waals surface area contributed by atoms with Crippen LogP contribution in [0.2, 0.25) is 0 Å². The summed E-state index contributed by atoms with van der Waals surface area (Å²) >= 11 is 0. The van der Waals surface area contributed by atoms with Gasteiger partial charge in [-0.2, -0.15) is 5.10 Å². The summed E-state index contributed by atoms with van der Waals surface area (Å²) in [6, 6.07) is 11.8. The van der Waals surface area contributed by atoms with Gasteiger partial charge in [-0.05, 0) is 30.7 Å². The lowest BCUT2D eigenvalue weighted by Gasteiger charge is -2.30. The largest absolute Gasteiger partial charge is 0.344 e. The second-order valence-corrected chi connectivity index (χ2v) is 8.06. The van der Waals surface area contributed by atoms with Crippen LogP contribution in [0, 0.1) is 5.41 Å². The van der Waals surface area contributed by atoms with Crippen LogP contribution in [0.5, 0.6) is 0 Å². The van der Waals surface area contributed by atoms with Crippen LogP contribution < -0.4 is 5.73 Å². The molecule has 0 bridgehead atoms. The molecule has 1 atom stereocenters. The van der Waals surface area contributed by atoms with Crippen molar-refractivity contribution in [1.82, 2.24) is 15.1 Å². The maximum atomic E-state index is 12.3. The van der Waals surface area contributed by atoms with Gasteiger partial charge < -0.3 is 10.6 Å². The molecule has 0 saturated heterocycles. The lowest BCUT2D eigenvalue weighted by molar-refractivity contribution is -0.133. The highest BCUT2D eigenvalue weighted by atomic mass is 35.5. The number of rotatable bonds is 8. The van der Waals surface area contributed by atoms with Crippen LogP contribution in [0.4, 0.5) is 0 Å². The van der Waals surface area contributed by atoms with E-state index in [-0.39, 0.29) is 23.7 Å². The summed E-state index contributed by atoms with van der Waals surface area (Å²) in [4.78, 5) is 14.1. The number of aromatic amines is 1. The van der Waals surface area contributed by atoms with Crippen molar-refractivity contribution >= 4 is 18.3 Å². The Hall–Kier alpha value is -1.85. The van der Waals surface area contributed by atoms with Gasteiger partial charge in [-0.25, -0.2) is 0 Å². The summed E-state index contributed by atoms with van der Waals surface area (Å²) in [7, 11) is 1.84. The first-order valence-corrected chi connectivity index (χ1v) is 9.39. The Balaban J connectivity index is 0.00000364.